The van der Waals surface area contributed by atoms with Crippen LogP contribution in [0.25, 0.3) is 11.4 Å². The van der Waals surface area contributed by atoms with Crippen molar-refractivity contribution in [1.29, 1.82) is 0 Å². The number of halogens is 4. The summed E-state index contributed by atoms with van der Waals surface area (Å²) < 4.78 is 59.0. The first-order valence-electron chi connectivity index (χ1n) is 11.8. The summed E-state index contributed by atoms with van der Waals surface area (Å²) in [6.45, 7) is -0.0683. The summed E-state index contributed by atoms with van der Waals surface area (Å²) in [5.41, 5.74) is 0.673. The Morgan fingerprint density at radius 2 is 1.69 bits per heavy atom. The van der Waals surface area contributed by atoms with Crippen molar-refractivity contribution in [3.8, 4) is 17.1 Å². The lowest BCUT2D eigenvalue weighted by Gasteiger charge is -2.20. The Bertz CT molecular complexity index is 1480. The highest BCUT2D eigenvalue weighted by Crippen LogP contribution is 2.26. The summed E-state index contributed by atoms with van der Waals surface area (Å²) in [7, 11) is 0. The average Bonchev–Trinajstić information content (AvgIpc) is 3.49. The van der Waals surface area contributed by atoms with Crippen LogP contribution in [0.4, 0.5) is 23.2 Å². The van der Waals surface area contributed by atoms with Crippen molar-refractivity contribution in [3.63, 3.8) is 0 Å². The lowest BCUT2D eigenvalue weighted by atomic mass is 10.1. The highest BCUT2D eigenvalue weighted by molar-refractivity contribution is 6.40. The minimum absolute atomic E-state index is 0.0708. The van der Waals surface area contributed by atoms with Gasteiger partial charge in [-0.25, -0.2) is 13.9 Å². The van der Waals surface area contributed by atoms with E-state index >= 15 is 0 Å². The van der Waals surface area contributed by atoms with Crippen molar-refractivity contribution in [1.82, 2.24) is 31.3 Å². The molecule has 2 atom stereocenters. The second-order valence-corrected chi connectivity index (χ2v) is 8.53. The lowest BCUT2D eigenvalue weighted by Crippen LogP contribution is -2.52. The zero-order valence-corrected chi connectivity index (χ0v) is 21.4. The Morgan fingerprint density at radius 1 is 1.00 bits per heavy atom. The van der Waals surface area contributed by atoms with Crippen molar-refractivity contribution in [3.05, 3.63) is 53.6 Å². The molecule has 0 aliphatic carbocycles. The van der Waals surface area contributed by atoms with Crippen molar-refractivity contribution < 1.29 is 51.4 Å². The van der Waals surface area contributed by atoms with Crippen molar-refractivity contribution in [2.45, 2.75) is 31.8 Å². The molecule has 0 spiro atoms. The largest absolute Gasteiger partial charge is 0.481 e. The van der Waals surface area contributed by atoms with Gasteiger partial charge < -0.3 is 25.8 Å². The molecule has 2 aromatic carbocycles. The van der Waals surface area contributed by atoms with Gasteiger partial charge in [-0.2, -0.15) is 8.78 Å². The van der Waals surface area contributed by atoms with Gasteiger partial charge >= 0.3 is 17.8 Å². The normalized spacial score (nSPS) is 12.1. The van der Waals surface area contributed by atoms with E-state index in [2.05, 4.69) is 41.3 Å². The fraction of sp³-hybridized carbons (Fsp3) is 0.250. The molecule has 1 aromatic heterocycles. The number of H-pyrrole nitrogens is 1. The first-order chi connectivity index (χ1) is 19.9. The molecule has 0 radical (unpaired) electrons. The van der Waals surface area contributed by atoms with E-state index in [4.69, 9.17) is 5.11 Å². The summed E-state index contributed by atoms with van der Waals surface area (Å²) in [6, 6.07) is 2.96. The van der Waals surface area contributed by atoms with Crippen LogP contribution in [0.5, 0.6) is 5.75 Å². The number of Topliss-reactive ketones (excluding diaryl/α,β-unsaturated/α-hetero) is 1. The fourth-order valence-electron chi connectivity index (χ4n) is 3.34. The number of nitrogens with one attached hydrogen (secondary N) is 4. The second kappa shape index (κ2) is 13.8. The number of ketones is 1. The van der Waals surface area contributed by atoms with Crippen LogP contribution in [0.1, 0.15) is 19.8 Å². The van der Waals surface area contributed by atoms with Crippen LogP contribution in [-0.2, 0) is 24.0 Å². The van der Waals surface area contributed by atoms with Gasteiger partial charge in [0.05, 0.1) is 6.04 Å². The number of nitrogens with zero attached hydrogens (tertiary/aromatic N) is 3. The predicted octanol–water partition coefficient (Wildman–Crippen LogP) is 0.864. The Kier molecular flexibility index (Phi) is 10.2. The second-order valence-electron chi connectivity index (χ2n) is 8.53. The number of aromatic amines is 1. The molecule has 18 heteroatoms. The quantitative estimate of drug-likeness (QED) is 0.113. The molecule has 0 saturated heterocycles. The Morgan fingerprint density at radius 3 is 2.31 bits per heavy atom. The van der Waals surface area contributed by atoms with Gasteiger partial charge in [0.25, 0.3) is 0 Å². The molecule has 3 aromatic rings. The SMILES string of the molecule is C[C@H](NC(=O)C(=O)Nc1cccc(-c2nnn[nH]2)c1)C(=O)N[C@@H](CCC(=O)O)C(=O)COc1c(F)c(F)cc(F)c1F. The zero-order valence-electron chi connectivity index (χ0n) is 21.4. The van der Waals surface area contributed by atoms with Crippen molar-refractivity contribution in [2.75, 3.05) is 11.9 Å². The predicted molar refractivity (Wildman–Crippen MR) is 131 cm³/mol. The number of ether oxygens (including phenoxy) is 1. The molecular formula is C24H21F4N7O7. The summed E-state index contributed by atoms with van der Waals surface area (Å²) in [5, 5.41) is 28.6. The van der Waals surface area contributed by atoms with Gasteiger partial charge in [-0.05, 0) is 35.9 Å². The maximum absolute atomic E-state index is 13.8. The van der Waals surface area contributed by atoms with Gasteiger partial charge in [0.1, 0.15) is 12.6 Å². The first-order valence-corrected chi connectivity index (χ1v) is 11.8. The van der Waals surface area contributed by atoms with Gasteiger partial charge in [-0.3, -0.25) is 24.0 Å². The molecule has 5 N–H and O–H groups in total. The van der Waals surface area contributed by atoms with Crippen LogP contribution in [0, 0.1) is 23.3 Å². The van der Waals surface area contributed by atoms with Gasteiger partial charge in [0.2, 0.25) is 17.5 Å². The monoisotopic (exact) mass is 595 g/mol. The number of benzene rings is 2. The van der Waals surface area contributed by atoms with E-state index in [-0.39, 0.29) is 17.6 Å². The number of carbonyl (C=O) groups is 5. The topological polar surface area (TPSA) is 205 Å². The molecule has 0 fully saturated rings. The molecule has 3 amide bonds. The van der Waals surface area contributed by atoms with Crippen molar-refractivity contribution >= 4 is 35.2 Å². The number of amides is 3. The van der Waals surface area contributed by atoms with Crippen LogP contribution in [0.15, 0.2) is 30.3 Å². The molecule has 222 valence electrons. The molecule has 0 bridgehead atoms. The molecule has 14 nitrogen and oxygen atoms in total. The first kappa shape index (κ1) is 31.1. The third kappa shape index (κ3) is 8.05. The Balaban J connectivity index is 1.61. The van der Waals surface area contributed by atoms with E-state index in [1.54, 1.807) is 12.1 Å². The molecule has 0 aliphatic rings. The number of carboxylic acids is 1. The molecule has 3 rings (SSSR count). The molecular weight excluding hydrogens is 574 g/mol. The van der Waals surface area contributed by atoms with Crippen LogP contribution >= 0.6 is 0 Å². The number of anilines is 1. The van der Waals surface area contributed by atoms with Crippen LogP contribution in [0.3, 0.4) is 0 Å². The van der Waals surface area contributed by atoms with Gasteiger partial charge in [-0.1, -0.05) is 12.1 Å². The smallest absolute Gasteiger partial charge is 0.313 e. The maximum atomic E-state index is 13.8. The third-order valence-corrected chi connectivity index (χ3v) is 5.47. The van der Waals surface area contributed by atoms with Crippen LogP contribution in [-0.4, -0.2) is 73.9 Å². The van der Waals surface area contributed by atoms with Gasteiger partial charge in [-0.15, -0.1) is 5.10 Å². The highest BCUT2D eigenvalue weighted by atomic mass is 19.2. The summed E-state index contributed by atoms with van der Waals surface area (Å²) in [4.78, 5) is 60.9. The molecule has 42 heavy (non-hydrogen) atoms. The average molecular weight is 595 g/mol. The van der Waals surface area contributed by atoms with Crippen molar-refractivity contribution in [2.24, 2.45) is 0 Å². The standard InChI is InChI=1S/C24H21F4N7O7/c1-10(29-23(40)24(41)30-12-4-2-3-11(7-12)21-32-34-35-33-21)22(39)31-15(5-6-17(37)38)16(36)9-42-20-18(27)13(25)8-14(26)19(20)28/h2-4,7-8,10,15H,5-6,9H2,1H3,(H,29,40)(H,30,41)(H,31,39)(H,37,38)(H,32,33,34,35)/t10-,15-/m0/s1. The van der Waals surface area contributed by atoms with Crippen LogP contribution < -0.4 is 20.7 Å². The Labute approximate surface area is 232 Å². The number of carbonyl (C=O) groups excluding carboxylic acids is 4. The van der Waals surface area contributed by atoms with Gasteiger partial charge in [0.15, 0.2) is 29.0 Å². The van der Waals surface area contributed by atoms with Crippen LogP contribution in [0.2, 0.25) is 0 Å². The summed E-state index contributed by atoms with van der Waals surface area (Å²) >= 11 is 0. The fourth-order valence-corrected chi connectivity index (χ4v) is 3.34. The molecule has 0 saturated carbocycles. The maximum Gasteiger partial charge on any atom is 0.313 e. The van der Waals surface area contributed by atoms with E-state index in [1.807, 2.05) is 0 Å². The number of aliphatic carboxylic acids is 1. The number of tetrazole rings is 1. The summed E-state index contributed by atoms with van der Waals surface area (Å²) in [5.74, 6) is -14.6. The molecule has 0 unspecified atom stereocenters. The number of carboxylic acid groups (broad SMARTS) is 1. The van der Waals surface area contributed by atoms with E-state index in [0.29, 0.717) is 5.56 Å². The summed E-state index contributed by atoms with van der Waals surface area (Å²) in [6.07, 6.45) is -1.18. The molecule has 1 heterocycles. The minimum atomic E-state index is -1.91. The highest BCUT2D eigenvalue weighted by Gasteiger charge is 2.28. The van der Waals surface area contributed by atoms with E-state index in [1.165, 1.54) is 12.1 Å². The zero-order chi connectivity index (χ0) is 31.0. The van der Waals surface area contributed by atoms with E-state index < -0.39 is 90.0 Å². The lowest BCUT2D eigenvalue weighted by molar-refractivity contribution is -0.139. The van der Waals surface area contributed by atoms with E-state index in [9.17, 15) is 41.5 Å². The number of rotatable bonds is 12. The number of hydrogen-bond acceptors (Lipinski definition) is 9. The van der Waals surface area contributed by atoms with Gasteiger partial charge in [0, 0.05) is 23.7 Å². The van der Waals surface area contributed by atoms with E-state index in [0.717, 1.165) is 6.92 Å². The Hall–Kier alpha value is -5.42. The molecule has 0 aliphatic heterocycles. The minimum Gasteiger partial charge on any atom is -0.481 e. The third-order valence-electron chi connectivity index (χ3n) is 5.47. The number of hydrogen-bond donors (Lipinski definition) is 5. The number of aromatic nitrogens is 4.